The fourth-order valence-electron chi connectivity index (χ4n) is 3.78. The molecule has 2 atom stereocenters. The average Bonchev–Trinajstić information content (AvgIpc) is 3.25. The molecule has 10 nitrogen and oxygen atoms in total. The Kier molecular flexibility index (Phi) is 5.05. The summed E-state index contributed by atoms with van der Waals surface area (Å²) in [4.78, 5) is 51.2. The van der Waals surface area contributed by atoms with Gasteiger partial charge in [0.1, 0.15) is 5.92 Å². The van der Waals surface area contributed by atoms with Crippen LogP contribution in [0.25, 0.3) is 0 Å². The summed E-state index contributed by atoms with van der Waals surface area (Å²) >= 11 is 3.30. The van der Waals surface area contributed by atoms with Crippen LogP contribution >= 0.6 is 15.9 Å². The number of anilines is 1. The molecule has 2 aromatic rings. The summed E-state index contributed by atoms with van der Waals surface area (Å²) in [6.45, 7) is 1.65. The molecule has 2 amide bonds. The molecular weight excluding hydrogens is 472 g/mol. The van der Waals surface area contributed by atoms with Crippen molar-refractivity contribution < 1.29 is 24.0 Å². The standard InChI is InChI=1S/C20H15BrN4O6/c1-2-31-18(27)16-15-17(26)24(13-8-6-12(21)7-9-13)19(28)20(15,23-22-16)11-4-3-5-14(10-11)25(29)30/h3-10,15,23H,2H2,1H3/t15-,20+/m1/s1. The molecule has 1 saturated heterocycles. The van der Waals surface area contributed by atoms with Crippen LogP contribution in [0, 0.1) is 16.0 Å². The number of benzene rings is 2. The highest BCUT2D eigenvalue weighted by Crippen LogP contribution is 2.45. The third-order valence-corrected chi connectivity index (χ3v) is 5.68. The van der Waals surface area contributed by atoms with Crippen molar-refractivity contribution in [3.8, 4) is 0 Å². The number of nitrogens with zero attached hydrogens (tertiary/aromatic N) is 3. The number of hydrogen-bond donors (Lipinski definition) is 1. The van der Waals surface area contributed by atoms with Gasteiger partial charge in [0.15, 0.2) is 11.3 Å². The molecule has 0 saturated carbocycles. The fourth-order valence-corrected chi connectivity index (χ4v) is 4.05. The number of hydrazone groups is 1. The number of imide groups is 1. The fraction of sp³-hybridized carbons (Fsp3) is 0.200. The molecule has 0 radical (unpaired) electrons. The zero-order valence-electron chi connectivity index (χ0n) is 16.1. The van der Waals surface area contributed by atoms with Crippen molar-refractivity contribution in [3.05, 3.63) is 68.7 Å². The minimum Gasteiger partial charge on any atom is -0.461 e. The van der Waals surface area contributed by atoms with Crippen LogP contribution in [0.5, 0.6) is 0 Å². The van der Waals surface area contributed by atoms with Gasteiger partial charge < -0.3 is 4.74 Å². The number of non-ortho nitro benzene ring substituents is 1. The quantitative estimate of drug-likeness (QED) is 0.296. The summed E-state index contributed by atoms with van der Waals surface area (Å²) in [5, 5.41) is 15.2. The maximum absolute atomic E-state index is 13.6. The molecule has 4 rings (SSSR count). The first kappa shape index (κ1) is 20.7. The van der Waals surface area contributed by atoms with E-state index in [2.05, 4.69) is 26.5 Å². The molecule has 1 N–H and O–H groups in total. The zero-order valence-corrected chi connectivity index (χ0v) is 17.7. The number of halogens is 1. The van der Waals surface area contributed by atoms with E-state index in [4.69, 9.17) is 4.74 Å². The lowest BCUT2D eigenvalue weighted by Gasteiger charge is -2.26. The van der Waals surface area contributed by atoms with E-state index in [0.717, 1.165) is 9.37 Å². The second-order valence-corrected chi connectivity index (χ2v) is 7.75. The number of nitro benzene ring substituents is 1. The van der Waals surface area contributed by atoms with Crippen LogP contribution in [-0.2, 0) is 24.7 Å². The number of ether oxygens (including phenoxy) is 1. The highest BCUT2D eigenvalue weighted by Gasteiger charge is 2.67. The molecule has 0 bridgehead atoms. The first-order valence-corrected chi connectivity index (χ1v) is 10.0. The van der Waals surface area contributed by atoms with Gasteiger partial charge in [-0.3, -0.25) is 25.1 Å². The van der Waals surface area contributed by atoms with Gasteiger partial charge in [0.2, 0.25) is 5.91 Å². The summed E-state index contributed by atoms with van der Waals surface area (Å²) < 4.78 is 5.76. The Hall–Kier alpha value is -3.60. The zero-order chi connectivity index (χ0) is 22.3. The predicted molar refractivity (Wildman–Crippen MR) is 112 cm³/mol. The van der Waals surface area contributed by atoms with E-state index in [-0.39, 0.29) is 23.6 Å². The first-order valence-electron chi connectivity index (χ1n) is 9.22. The lowest BCUT2D eigenvalue weighted by Crippen LogP contribution is -2.48. The number of carbonyl (C=O) groups is 3. The summed E-state index contributed by atoms with van der Waals surface area (Å²) in [5.74, 6) is -3.57. The predicted octanol–water partition coefficient (Wildman–Crippen LogP) is 2.26. The third-order valence-electron chi connectivity index (χ3n) is 5.15. The van der Waals surface area contributed by atoms with Gasteiger partial charge >= 0.3 is 5.97 Å². The minimum atomic E-state index is -1.81. The molecule has 158 valence electrons. The van der Waals surface area contributed by atoms with Crippen LogP contribution in [0.1, 0.15) is 12.5 Å². The van der Waals surface area contributed by atoms with Crippen LogP contribution in [-0.4, -0.2) is 35.0 Å². The molecule has 2 aliphatic rings. The topological polar surface area (TPSA) is 131 Å². The summed E-state index contributed by atoms with van der Waals surface area (Å²) in [6.07, 6.45) is 0. The molecule has 0 unspecified atom stereocenters. The molecule has 2 aliphatic heterocycles. The van der Waals surface area contributed by atoms with Gasteiger partial charge in [-0.25, -0.2) is 9.69 Å². The van der Waals surface area contributed by atoms with Gasteiger partial charge in [0.05, 0.1) is 17.2 Å². The van der Waals surface area contributed by atoms with Gasteiger partial charge in [-0.1, -0.05) is 28.1 Å². The van der Waals surface area contributed by atoms with Gasteiger partial charge in [-0.05, 0) is 36.8 Å². The van der Waals surface area contributed by atoms with Gasteiger partial charge in [-0.2, -0.15) is 5.10 Å². The van der Waals surface area contributed by atoms with E-state index in [9.17, 15) is 24.5 Å². The number of amides is 2. The van der Waals surface area contributed by atoms with Crippen LogP contribution in [0.4, 0.5) is 11.4 Å². The molecule has 0 spiro atoms. The molecule has 11 heteroatoms. The van der Waals surface area contributed by atoms with Crippen molar-refractivity contribution in [2.75, 3.05) is 11.5 Å². The van der Waals surface area contributed by atoms with Crippen molar-refractivity contribution >= 4 is 50.8 Å². The summed E-state index contributed by atoms with van der Waals surface area (Å²) in [6, 6.07) is 11.8. The molecular formula is C20H15BrN4O6. The van der Waals surface area contributed by atoms with Crippen molar-refractivity contribution in [1.29, 1.82) is 0 Å². The van der Waals surface area contributed by atoms with E-state index in [1.165, 1.54) is 24.3 Å². The van der Waals surface area contributed by atoms with Gasteiger partial charge in [-0.15, -0.1) is 0 Å². The molecule has 31 heavy (non-hydrogen) atoms. The maximum Gasteiger partial charge on any atom is 0.355 e. The molecule has 0 aliphatic carbocycles. The number of nitro groups is 1. The largest absolute Gasteiger partial charge is 0.461 e. The van der Waals surface area contributed by atoms with Crippen LogP contribution < -0.4 is 10.3 Å². The molecule has 1 fully saturated rings. The van der Waals surface area contributed by atoms with Crippen LogP contribution in [0.2, 0.25) is 0 Å². The summed E-state index contributed by atoms with van der Waals surface area (Å²) in [5.41, 5.74) is 0.749. The van der Waals surface area contributed by atoms with Crippen LogP contribution in [0.15, 0.2) is 58.1 Å². The normalized spacial score (nSPS) is 22.1. The van der Waals surface area contributed by atoms with Gasteiger partial charge in [0, 0.05) is 16.6 Å². The number of rotatable bonds is 5. The highest BCUT2D eigenvalue weighted by atomic mass is 79.9. The third kappa shape index (κ3) is 3.08. The van der Waals surface area contributed by atoms with Gasteiger partial charge in [0.25, 0.3) is 11.6 Å². The van der Waals surface area contributed by atoms with E-state index in [0.29, 0.717) is 5.69 Å². The minimum absolute atomic E-state index is 0.0486. The van der Waals surface area contributed by atoms with E-state index >= 15 is 0 Å². The second kappa shape index (κ2) is 7.58. The van der Waals surface area contributed by atoms with E-state index in [1.54, 1.807) is 31.2 Å². The summed E-state index contributed by atoms with van der Waals surface area (Å²) in [7, 11) is 0. The Balaban J connectivity index is 1.89. The number of fused-ring (bicyclic) bond motifs is 1. The van der Waals surface area contributed by atoms with Crippen molar-refractivity contribution in [2.45, 2.75) is 12.5 Å². The average molecular weight is 487 g/mol. The second-order valence-electron chi connectivity index (χ2n) is 6.83. The van der Waals surface area contributed by atoms with Crippen LogP contribution in [0.3, 0.4) is 0 Å². The Morgan fingerprint density at radius 3 is 2.65 bits per heavy atom. The van der Waals surface area contributed by atoms with E-state index in [1.807, 2.05) is 0 Å². The smallest absolute Gasteiger partial charge is 0.355 e. The Bertz CT molecular complexity index is 1150. The number of esters is 1. The lowest BCUT2D eigenvalue weighted by molar-refractivity contribution is -0.385. The SMILES string of the molecule is CCOC(=O)C1=NN[C@]2(c3cccc([N+](=O)[O-])c3)C(=O)N(c3ccc(Br)cc3)C(=O)[C@@H]12. The highest BCUT2D eigenvalue weighted by molar-refractivity contribution is 9.10. The number of hydrogen-bond acceptors (Lipinski definition) is 8. The Morgan fingerprint density at radius 1 is 1.29 bits per heavy atom. The maximum atomic E-state index is 13.6. The van der Waals surface area contributed by atoms with E-state index < -0.39 is 34.2 Å². The number of nitrogens with one attached hydrogen (secondary N) is 1. The first-order chi connectivity index (χ1) is 14.8. The molecule has 2 aromatic carbocycles. The van der Waals surface area contributed by atoms with Crippen molar-refractivity contribution in [1.82, 2.24) is 5.43 Å². The molecule has 2 heterocycles. The lowest BCUT2D eigenvalue weighted by atomic mass is 9.78. The monoisotopic (exact) mass is 486 g/mol. The Morgan fingerprint density at radius 2 is 2.00 bits per heavy atom. The Labute approximate surface area is 184 Å². The van der Waals surface area contributed by atoms with Crippen molar-refractivity contribution in [3.63, 3.8) is 0 Å². The number of carbonyl (C=O) groups excluding carboxylic acids is 3. The van der Waals surface area contributed by atoms with Crippen molar-refractivity contribution in [2.24, 2.45) is 11.0 Å². The molecule has 0 aromatic heterocycles.